The van der Waals surface area contributed by atoms with Crippen molar-refractivity contribution in [2.75, 3.05) is 0 Å². The van der Waals surface area contributed by atoms with Crippen LogP contribution in [0.1, 0.15) is 24.4 Å². The second-order valence-electron chi connectivity index (χ2n) is 3.69. The molecule has 1 heterocycles. The number of hydrogen-bond donors (Lipinski definition) is 0. The fourth-order valence-corrected chi connectivity index (χ4v) is 2.01. The predicted molar refractivity (Wildman–Crippen MR) is 70.2 cm³/mol. The van der Waals surface area contributed by atoms with Gasteiger partial charge in [-0.1, -0.05) is 35.3 Å². The zero-order valence-corrected chi connectivity index (χ0v) is 11.6. The van der Waals surface area contributed by atoms with Crippen molar-refractivity contribution in [3.8, 4) is 5.69 Å². The van der Waals surface area contributed by atoms with E-state index >= 15 is 0 Å². The maximum atomic E-state index is 13.3. The molecule has 3 nitrogen and oxygen atoms in total. The number of aromatic nitrogens is 3. The lowest BCUT2D eigenvalue weighted by Crippen LogP contribution is -1.96. The summed E-state index contributed by atoms with van der Waals surface area (Å²) in [5.74, 6) is -0.647. The highest BCUT2D eigenvalue weighted by atomic mass is 35.5. The Bertz CT molecular complexity index is 547. The van der Waals surface area contributed by atoms with Gasteiger partial charge in [-0.25, -0.2) is 9.07 Å². The second-order valence-corrected chi connectivity index (χ2v) is 5.03. The van der Waals surface area contributed by atoms with Crippen molar-refractivity contribution >= 4 is 34.8 Å². The smallest absolute Gasteiger partial charge is 0.160 e. The Balaban J connectivity index is 2.40. The van der Waals surface area contributed by atoms with E-state index in [4.69, 9.17) is 34.8 Å². The van der Waals surface area contributed by atoms with Gasteiger partial charge in [-0.2, -0.15) is 0 Å². The van der Waals surface area contributed by atoms with Gasteiger partial charge in [0, 0.05) is 0 Å². The molecule has 0 spiro atoms. The van der Waals surface area contributed by atoms with Crippen molar-refractivity contribution in [1.82, 2.24) is 15.0 Å². The fourth-order valence-electron chi connectivity index (χ4n) is 1.43. The average molecular weight is 309 g/mol. The summed E-state index contributed by atoms with van der Waals surface area (Å²) in [7, 11) is 0. The van der Waals surface area contributed by atoms with E-state index in [0.29, 0.717) is 11.4 Å². The number of nitrogens with zero attached hydrogens (tertiary/aromatic N) is 3. The molecule has 0 bridgehead atoms. The van der Waals surface area contributed by atoms with Crippen LogP contribution in [-0.4, -0.2) is 15.0 Å². The molecule has 0 aliphatic carbocycles. The van der Waals surface area contributed by atoms with Crippen molar-refractivity contribution in [3.63, 3.8) is 0 Å². The SMILES string of the molecule is CCC(Cl)c1cn(-c2cc(Cl)c(F)c(Cl)c2)nn1. The highest BCUT2D eigenvalue weighted by molar-refractivity contribution is 6.35. The molecule has 0 saturated carbocycles. The fraction of sp³-hybridized carbons (Fsp3) is 0.273. The van der Waals surface area contributed by atoms with Gasteiger partial charge in [-0.05, 0) is 18.6 Å². The third-order valence-corrected chi connectivity index (χ3v) is 3.51. The topological polar surface area (TPSA) is 30.7 Å². The first-order valence-electron chi connectivity index (χ1n) is 5.24. The largest absolute Gasteiger partial charge is 0.220 e. The lowest BCUT2D eigenvalue weighted by molar-refractivity contribution is 0.627. The second kappa shape index (κ2) is 5.43. The van der Waals surface area contributed by atoms with E-state index < -0.39 is 5.82 Å². The minimum Gasteiger partial charge on any atom is -0.220 e. The van der Waals surface area contributed by atoms with Crippen molar-refractivity contribution < 1.29 is 4.39 Å². The van der Waals surface area contributed by atoms with Gasteiger partial charge in [0.25, 0.3) is 0 Å². The molecule has 1 unspecified atom stereocenters. The summed E-state index contributed by atoms with van der Waals surface area (Å²) in [5, 5.41) is 7.53. The van der Waals surface area contributed by atoms with Crippen LogP contribution in [0.5, 0.6) is 0 Å². The van der Waals surface area contributed by atoms with Gasteiger partial charge >= 0.3 is 0 Å². The quantitative estimate of drug-likeness (QED) is 0.621. The molecule has 1 atom stereocenters. The summed E-state index contributed by atoms with van der Waals surface area (Å²) in [6.45, 7) is 1.95. The lowest BCUT2D eigenvalue weighted by Gasteiger charge is -2.03. The van der Waals surface area contributed by atoms with E-state index in [9.17, 15) is 4.39 Å². The van der Waals surface area contributed by atoms with E-state index in [1.54, 1.807) is 6.20 Å². The molecule has 0 saturated heterocycles. The molecule has 0 radical (unpaired) electrons. The summed E-state index contributed by atoms with van der Waals surface area (Å²) in [6.07, 6.45) is 2.41. The molecule has 0 amide bonds. The number of alkyl halides is 1. The maximum Gasteiger partial charge on any atom is 0.160 e. The minimum absolute atomic E-state index is 0.0625. The molecule has 1 aromatic carbocycles. The zero-order chi connectivity index (χ0) is 13.3. The molecule has 1 aromatic heterocycles. The molecule has 96 valence electrons. The van der Waals surface area contributed by atoms with Crippen LogP contribution < -0.4 is 0 Å². The normalized spacial score (nSPS) is 12.7. The highest BCUT2D eigenvalue weighted by Crippen LogP contribution is 2.27. The van der Waals surface area contributed by atoms with Crippen LogP contribution in [0, 0.1) is 5.82 Å². The van der Waals surface area contributed by atoms with Gasteiger partial charge in [0.2, 0.25) is 0 Å². The molecule has 0 aliphatic heterocycles. The van der Waals surface area contributed by atoms with Crippen molar-refractivity contribution in [1.29, 1.82) is 0 Å². The van der Waals surface area contributed by atoms with Crippen molar-refractivity contribution in [3.05, 3.63) is 39.9 Å². The molecule has 2 aromatic rings. The lowest BCUT2D eigenvalue weighted by atomic mass is 10.2. The summed E-state index contributed by atoms with van der Waals surface area (Å²) in [5.41, 5.74) is 1.18. The molecular weight excluding hydrogens is 299 g/mol. The maximum absolute atomic E-state index is 13.3. The standard InChI is InChI=1S/C11H9Cl3FN3/c1-2-7(12)10-5-18(17-16-10)6-3-8(13)11(15)9(14)4-6/h3-5,7H,2H2,1H3. The van der Waals surface area contributed by atoms with E-state index in [0.717, 1.165) is 6.42 Å². The Hall–Kier alpha value is -0.840. The van der Waals surface area contributed by atoms with Crippen LogP contribution >= 0.6 is 34.8 Å². The Morgan fingerprint density at radius 1 is 1.33 bits per heavy atom. The number of halogens is 4. The Morgan fingerprint density at radius 3 is 2.50 bits per heavy atom. The van der Waals surface area contributed by atoms with Crippen LogP contribution in [0.15, 0.2) is 18.3 Å². The monoisotopic (exact) mass is 307 g/mol. The molecule has 0 fully saturated rings. The average Bonchev–Trinajstić information content (AvgIpc) is 2.84. The number of benzene rings is 1. The third kappa shape index (κ3) is 2.60. The van der Waals surface area contributed by atoms with Crippen LogP contribution in [-0.2, 0) is 0 Å². The summed E-state index contributed by atoms with van der Waals surface area (Å²) >= 11 is 17.5. The first-order valence-corrected chi connectivity index (χ1v) is 6.43. The summed E-state index contributed by atoms with van der Waals surface area (Å²) in [4.78, 5) is 0. The van der Waals surface area contributed by atoms with Crippen LogP contribution in [0.2, 0.25) is 10.0 Å². The van der Waals surface area contributed by atoms with Gasteiger partial charge in [-0.3, -0.25) is 0 Å². The van der Waals surface area contributed by atoms with E-state index in [2.05, 4.69) is 10.3 Å². The Labute approximate surface area is 118 Å². The molecule has 18 heavy (non-hydrogen) atoms. The first kappa shape index (κ1) is 13.6. The van der Waals surface area contributed by atoms with Crippen molar-refractivity contribution in [2.45, 2.75) is 18.7 Å². The molecular formula is C11H9Cl3FN3. The van der Waals surface area contributed by atoms with E-state index in [-0.39, 0.29) is 15.4 Å². The third-order valence-electron chi connectivity index (χ3n) is 2.42. The summed E-state index contributed by atoms with van der Waals surface area (Å²) in [6, 6.07) is 2.85. The van der Waals surface area contributed by atoms with Gasteiger partial charge in [0.15, 0.2) is 5.82 Å². The molecule has 2 rings (SSSR count). The van der Waals surface area contributed by atoms with Gasteiger partial charge in [-0.15, -0.1) is 16.7 Å². The number of rotatable bonds is 3. The molecule has 0 aliphatic rings. The van der Waals surface area contributed by atoms with E-state index in [1.807, 2.05) is 6.92 Å². The first-order chi connectivity index (χ1) is 8.52. The van der Waals surface area contributed by atoms with E-state index in [1.165, 1.54) is 16.8 Å². The number of hydrogen-bond acceptors (Lipinski definition) is 2. The van der Waals surface area contributed by atoms with Crippen molar-refractivity contribution in [2.24, 2.45) is 0 Å². The minimum atomic E-state index is -0.647. The van der Waals surface area contributed by atoms with Crippen LogP contribution in [0.4, 0.5) is 4.39 Å². The summed E-state index contributed by atoms with van der Waals surface area (Å²) < 4.78 is 14.7. The molecule has 7 heteroatoms. The highest BCUT2D eigenvalue weighted by Gasteiger charge is 2.13. The zero-order valence-electron chi connectivity index (χ0n) is 9.37. The van der Waals surface area contributed by atoms with Gasteiger partial charge < -0.3 is 0 Å². The Kier molecular flexibility index (Phi) is 4.10. The van der Waals surface area contributed by atoms with Crippen LogP contribution in [0.3, 0.4) is 0 Å². The van der Waals surface area contributed by atoms with Crippen LogP contribution in [0.25, 0.3) is 5.69 Å². The van der Waals surface area contributed by atoms with Gasteiger partial charge in [0.05, 0.1) is 27.3 Å². The Morgan fingerprint density at radius 2 is 1.94 bits per heavy atom. The van der Waals surface area contributed by atoms with Gasteiger partial charge in [0.1, 0.15) is 5.69 Å². The molecule has 0 N–H and O–H groups in total. The predicted octanol–water partition coefficient (Wildman–Crippen LogP) is 4.40.